The Labute approximate surface area is 82.3 Å². The lowest BCUT2D eigenvalue weighted by Gasteiger charge is -2.04. The topological polar surface area (TPSA) is 68.3 Å². The van der Waals surface area contributed by atoms with Gasteiger partial charge in [-0.1, -0.05) is 13.8 Å². The van der Waals surface area contributed by atoms with Gasteiger partial charge in [0.25, 0.3) is 0 Å². The Morgan fingerprint density at radius 3 is 2.79 bits per heavy atom. The lowest BCUT2D eigenvalue weighted by Crippen LogP contribution is -2.18. The Kier molecular flexibility index (Phi) is 3.64. The molecule has 0 atom stereocenters. The molecule has 1 aromatic rings. The summed E-state index contributed by atoms with van der Waals surface area (Å²) in [6.45, 7) is 5.59. The molecule has 0 unspecified atom stereocenters. The van der Waals surface area contributed by atoms with Crippen molar-refractivity contribution in [3.8, 4) is 0 Å². The molecule has 0 radical (unpaired) electrons. The fourth-order valence-corrected chi connectivity index (χ4v) is 1.04. The van der Waals surface area contributed by atoms with Crippen LogP contribution in [0.5, 0.6) is 0 Å². The molecule has 0 bridgehead atoms. The Morgan fingerprint density at radius 1 is 1.57 bits per heavy atom. The normalized spacial score (nSPS) is 10.8. The third kappa shape index (κ3) is 3.18. The highest BCUT2D eigenvalue weighted by atomic mass is 16.6. The number of rotatable bonds is 5. The van der Waals surface area contributed by atoms with E-state index in [1.54, 1.807) is 6.07 Å². The van der Waals surface area contributed by atoms with Crippen LogP contribution in [0.1, 0.15) is 19.6 Å². The molecule has 1 N–H and O–H groups in total. The SMILES string of the molecule is CC(C)CNCc1ccc([N+](=O)[O-])o1. The van der Waals surface area contributed by atoms with Crippen LogP contribution in [0.15, 0.2) is 16.5 Å². The molecule has 0 fully saturated rings. The van der Waals surface area contributed by atoms with Crippen molar-refractivity contribution >= 4 is 5.88 Å². The van der Waals surface area contributed by atoms with Gasteiger partial charge in [0.15, 0.2) is 0 Å². The minimum Gasteiger partial charge on any atom is -0.404 e. The molecular formula is C9H14N2O3. The van der Waals surface area contributed by atoms with Crippen molar-refractivity contribution in [2.45, 2.75) is 20.4 Å². The zero-order valence-electron chi connectivity index (χ0n) is 8.32. The number of nitrogens with zero attached hydrogens (tertiary/aromatic N) is 1. The van der Waals surface area contributed by atoms with E-state index in [9.17, 15) is 10.1 Å². The van der Waals surface area contributed by atoms with E-state index in [-0.39, 0.29) is 5.88 Å². The summed E-state index contributed by atoms with van der Waals surface area (Å²) in [7, 11) is 0. The van der Waals surface area contributed by atoms with Crippen LogP contribution in [0, 0.1) is 16.0 Å². The minimum atomic E-state index is -0.536. The monoisotopic (exact) mass is 198 g/mol. The summed E-state index contributed by atoms with van der Waals surface area (Å²) in [5, 5.41) is 13.4. The van der Waals surface area contributed by atoms with Crippen molar-refractivity contribution in [1.29, 1.82) is 0 Å². The fourth-order valence-electron chi connectivity index (χ4n) is 1.04. The number of nitrogens with one attached hydrogen (secondary N) is 1. The van der Waals surface area contributed by atoms with Gasteiger partial charge in [-0.15, -0.1) is 0 Å². The maximum Gasteiger partial charge on any atom is 0.433 e. The Bertz CT molecular complexity index is 307. The van der Waals surface area contributed by atoms with E-state index in [0.717, 1.165) is 6.54 Å². The first-order valence-electron chi connectivity index (χ1n) is 4.53. The smallest absolute Gasteiger partial charge is 0.404 e. The molecule has 78 valence electrons. The quantitative estimate of drug-likeness (QED) is 0.579. The molecule has 0 saturated carbocycles. The standard InChI is InChI=1S/C9H14N2O3/c1-7(2)5-10-6-8-3-4-9(14-8)11(12)13/h3-4,7,10H,5-6H2,1-2H3. The van der Waals surface area contributed by atoms with E-state index in [2.05, 4.69) is 19.2 Å². The summed E-state index contributed by atoms with van der Waals surface area (Å²) in [5.41, 5.74) is 0. The highest BCUT2D eigenvalue weighted by Crippen LogP contribution is 2.15. The maximum absolute atomic E-state index is 10.3. The molecule has 0 aromatic carbocycles. The van der Waals surface area contributed by atoms with Gasteiger partial charge in [-0.05, 0) is 18.5 Å². The number of furan rings is 1. The first kappa shape index (κ1) is 10.7. The first-order valence-corrected chi connectivity index (χ1v) is 4.53. The van der Waals surface area contributed by atoms with Gasteiger partial charge in [-0.25, -0.2) is 0 Å². The van der Waals surface area contributed by atoms with Crippen LogP contribution in [-0.2, 0) is 6.54 Å². The predicted molar refractivity (Wildman–Crippen MR) is 51.9 cm³/mol. The van der Waals surface area contributed by atoms with Crippen LogP contribution in [0.2, 0.25) is 0 Å². The molecule has 5 nitrogen and oxygen atoms in total. The number of hydrogen-bond donors (Lipinski definition) is 1. The Balaban J connectivity index is 2.40. The van der Waals surface area contributed by atoms with Gasteiger partial charge in [-0.3, -0.25) is 10.1 Å². The Hall–Kier alpha value is -1.36. The van der Waals surface area contributed by atoms with Crippen LogP contribution in [-0.4, -0.2) is 11.5 Å². The predicted octanol–water partition coefficient (Wildman–Crippen LogP) is 1.93. The van der Waals surface area contributed by atoms with Crippen LogP contribution in [0.4, 0.5) is 5.88 Å². The van der Waals surface area contributed by atoms with Crippen LogP contribution in [0.3, 0.4) is 0 Å². The van der Waals surface area contributed by atoms with Crippen molar-refractivity contribution in [3.63, 3.8) is 0 Å². The lowest BCUT2D eigenvalue weighted by molar-refractivity contribution is -0.402. The van der Waals surface area contributed by atoms with Crippen LogP contribution < -0.4 is 5.32 Å². The number of hydrogen-bond acceptors (Lipinski definition) is 4. The van der Waals surface area contributed by atoms with Crippen molar-refractivity contribution in [3.05, 3.63) is 28.0 Å². The average molecular weight is 198 g/mol. The molecular weight excluding hydrogens is 184 g/mol. The molecule has 14 heavy (non-hydrogen) atoms. The maximum atomic E-state index is 10.3. The van der Waals surface area contributed by atoms with Crippen LogP contribution >= 0.6 is 0 Å². The lowest BCUT2D eigenvalue weighted by atomic mass is 10.2. The third-order valence-electron chi connectivity index (χ3n) is 1.68. The summed E-state index contributed by atoms with van der Waals surface area (Å²) in [4.78, 5) is 9.75. The molecule has 1 heterocycles. The highest BCUT2D eigenvalue weighted by molar-refractivity contribution is 5.17. The van der Waals surface area contributed by atoms with Crippen molar-refractivity contribution in [2.24, 2.45) is 5.92 Å². The van der Waals surface area contributed by atoms with Gasteiger partial charge >= 0.3 is 5.88 Å². The van der Waals surface area contributed by atoms with Gasteiger partial charge in [0, 0.05) is 0 Å². The van der Waals surface area contributed by atoms with E-state index >= 15 is 0 Å². The second kappa shape index (κ2) is 4.76. The number of nitro groups is 1. The second-order valence-electron chi connectivity index (χ2n) is 3.52. The summed E-state index contributed by atoms with van der Waals surface area (Å²) < 4.78 is 4.97. The third-order valence-corrected chi connectivity index (χ3v) is 1.68. The van der Waals surface area contributed by atoms with Gasteiger partial charge < -0.3 is 9.73 Å². The molecule has 0 amide bonds. The van der Waals surface area contributed by atoms with E-state index in [0.29, 0.717) is 18.2 Å². The molecule has 0 aliphatic rings. The van der Waals surface area contributed by atoms with Crippen molar-refractivity contribution < 1.29 is 9.34 Å². The van der Waals surface area contributed by atoms with E-state index in [1.165, 1.54) is 6.07 Å². The highest BCUT2D eigenvalue weighted by Gasteiger charge is 2.10. The van der Waals surface area contributed by atoms with E-state index < -0.39 is 4.92 Å². The van der Waals surface area contributed by atoms with Crippen molar-refractivity contribution in [2.75, 3.05) is 6.54 Å². The largest absolute Gasteiger partial charge is 0.433 e. The van der Waals surface area contributed by atoms with E-state index in [1.807, 2.05) is 0 Å². The molecule has 5 heteroatoms. The fraction of sp³-hybridized carbons (Fsp3) is 0.556. The Morgan fingerprint density at radius 2 is 2.29 bits per heavy atom. The summed E-state index contributed by atoms with van der Waals surface area (Å²) >= 11 is 0. The van der Waals surface area contributed by atoms with Gasteiger partial charge in [0.1, 0.15) is 10.7 Å². The molecule has 0 aliphatic carbocycles. The molecule has 0 aliphatic heterocycles. The molecule has 1 aromatic heterocycles. The zero-order valence-corrected chi connectivity index (χ0v) is 8.32. The minimum absolute atomic E-state index is 0.202. The summed E-state index contributed by atoms with van der Waals surface area (Å²) in [6.07, 6.45) is 0. The van der Waals surface area contributed by atoms with Crippen molar-refractivity contribution in [1.82, 2.24) is 5.32 Å². The zero-order chi connectivity index (χ0) is 10.6. The summed E-state index contributed by atoms with van der Waals surface area (Å²) in [6, 6.07) is 2.98. The van der Waals surface area contributed by atoms with E-state index in [4.69, 9.17) is 4.42 Å². The first-order chi connectivity index (χ1) is 6.59. The van der Waals surface area contributed by atoms with Gasteiger partial charge in [-0.2, -0.15) is 0 Å². The molecule has 0 saturated heterocycles. The van der Waals surface area contributed by atoms with Crippen LogP contribution in [0.25, 0.3) is 0 Å². The molecule has 0 spiro atoms. The summed E-state index contributed by atoms with van der Waals surface area (Å²) in [5.74, 6) is 0.948. The van der Waals surface area contributed by atoms with Gasteiger partial charge in [0.2, 0.25) is 0 Å². The molecule has 1 rings (SSSR count). The second-order valence-corrected chi connectivity index (χ2v) is 3.52. The average Bonchev–Trinajstić information content (AvgIpc) is 2.52. The van der Waals surface area contributed by atoms with Gasteiger partial charge in [0.05, 0.1) is 12.6 Å².